The third-order valence-electron chi connectivity index (χ3n) is 4.64. The van der Waals surface area contributed by atoms with Crippen molar-refractivity contribution in [2.45, 2.75) is 11.4 Å². The van der Waals surface area contributed by atoms with Gasteiger partial charge in [0.15, 0.2) is 0 Å². The molecule has 0 unspecified atom stereocenters. The quantitative estimate of drug-likeness (QED) is 0.297. The molecule has 0 fully saturated rings. The molecular weight excluding hydrogens is 442 g/mol. The van der Waals surface area contributed by atoms with Crippen LogP contribution in [0.1, 0.15) is 21.5 Å². The Labute approximate surface area is 192 Å². The van der Waals surface area contributed by atoms with Crippen molar-refractivity contribution in [1.82, 2.24) is 9.73 Å². The van der Waals surface area contributed by atoms with E-state index in [1.54, 1.807) is 66.7 Å². The van der Waals surface area contributed by atoms with Gasteiger partial charge in [-0.15, -0.1) is 0 Å². The smallest absolute Gasteiger partial charge is 0.337 e. The summed E-state index contributed by atoms with van der Waals surface area (Å²) in [5.74, 6) is -1.04. The molecule has 0 atom stereocenters. The van der Waals surface area contributed by atoms with Crippen molar-refractivity contribution in [3.63, 3.8) is 0 Å². The molecule has 1 amide bonds. The summed E-state index contributed by atoms with van der Waals surface area (Å²) in [4.78, 5) is 24.1. The zero-order valence-corrected chi connectivity index (χ0v) is 18.7. The molecule has 3 aromatic rings. The van der Waals surface area contributed by atoms with E-state index in [1.807, 2.05) is 6.07 Å². The van der Waals surface area contributed by atoms with Gasteiger partial charge in [0.1, 0.15) is 0 Å². The van der Waals surface area contributed by atoms with Crippen molar-refractivity contribution in [2.24, 2.45) is 5.10 Å². The van der Waals surface area contributed by atoms with Crippen LogP contribution in [0.5, 0.6) is 0 Å². The van der Waals surface area contributed by atoms with Crippen LogP contribution >= 0.6 is 0 Å². The average Bonchev–Trinajstić information content (AvgIpc) is 2.84. The summed E-state index contributed by atoms with van der Waals surface area (Å²) in [6, 6.07) is 23.4. The molecule has 0 bridgehead atoms. The maximum absolute atomic E-state index is 13.1. The van der Waals surface area contributed by atoms with Gasteiger partial charge in [0.2, 0.25) is 10.0 Å². The highest BCUT2D eigenvalue weighted by molar-refractivity contribution is 7.89. The Balaban J connectivity index is 1.70. The fraction of sp³-hybridized carbons (Fsp3) is 0.125. The van der Waals surface area contributed by atoms with Gasteiger partial charge >= 0.3 is 5.97 Å². The third kappa shape index (κ3) is 6.58. The van der Waals surface area contributed by atoms with Crippen molar-refractivity contribution in [1.29, 1.82) is 0 Å². The predicted molar refractivity (Wildman–Crippen MR) is 124 cm³/mol. The van der Waals surface area contributed by atoms with E-state index in [-0.39, 0.29) is 11.4 Å². The molecule has 0 aliphatic rings. The zero-order chi connectivity index (χ0) is 23.7. The van der Waals surface area contributed by atoms with E-state index in [9.17, 15) is 18.0 Å². The van der Waals surface area contributed by atoms with Crippen LogP contribution in [0.4, 0.5) is 0 Å². The highest BCUT2D eigenvalue weighted by Gasteiger charge is 2.26. The number of esters is 1. The number of benzene rings is 3. The van der Waals surface area contributed by atoms with Gasteiger partial charge in [-0.05, 0) is 35.4 Å². The molecule has 9 heteroatoms. The summed E-state index contributed by atoms with van der Waals surface area (Å²) >= 11 is 0. The highest BCUT2D eigenvalue weighted by atomic mass is 32.2. The van der Waals surface area contributed by atoms with Crippen LogP contribution in [-0.4, -0.2) is 44.5 Å². The van der Waals surface area contributed by atoms with E-state index in [4.69, 9.17) is 0 Å². The minimum absolute atomic E-state index is 0.0319. The molecule has 0 saturated heterocycles. The largest absolute Gasteiger partial charge is 0.465 e. The number of carbonyl (C=O) groups is 2. The zero-order valence-electron chi connectivity index (χ0n) is 17.9. The predicted octanol–water partition coefficient (Wildman–Crippen LogP) is 2.81. The molecule has 0 heterocycles. The molecule has 0 radical (unpaired) electrons. The van der Waals surface area contributed by atoms with Gasteiger partial charge in [-0.1, -0.05) is 60.7 Å². The Morgan fingerprint density at radius 1 is 0.939 bits per heavy atom. The fourth-order valence-corrected chi connectivity index (χ4v) is 4.36. The maximum Gasteiger partial charge on any atom is 0.337 e. The highest BCUT2D eigenvalue weighted by Crippen LogP contribution is 2.18. The first-order valence-corrected chi connectivity index (χ1v) is 11.4. The Kier molecular flexibility index (Phi) is 8.06. The van der Waals surface area contributed by atoms with Gasteiger partial charge in [-0.2, -0.15) is 9.41 Å². The van der Waals surface area contributed by atoms with Crippen LogP contribution in [0.15, 0.2) is 94.9 Å². The average molecular weight is 466 g/mol. The van der Waals surface area contributed by atoms with Crippen LogP contribution in [-0.2, 0) is 26.1 Å². The molecule has 3 rings (SSSR count). The van der Waals surface area contributed by atoms with Gasteiger partial charge < -0.3 is 4.74 Å². The molecule has 0 aliphatic heterocycles. The molecule has 8 nitrogen and oxygen atoms in total. The van der Waals surface area contributed by atoms with Crippen LogP contribution < -0.4 is 5.43 Å². The monoisotopic (exact) mass is 465 g/mol. The summed E-state index contributed by atoms with van der Waals surface area (Å²) < 4.78 is 32.0. The molecule has 0 aliphatic carbocycles. The van der Waals surface area contributed by atoms with Gasteiger partial charge in [-0.25, -0.2) is 18.6 Å². The van der Waals surface area contributed by atoms with Crippen LogP contribution in [0.2, 0.25) is 0 Å². The van der Waals surface area contributed by atoms with E-state index in [2.05, 4.69) is 15.3 Å². The van der Waals surface area contributed by atoms with Crippen LogP contribution in [0.3, 0.4) is 0 Å². The summed E-state index contributed by atoms with van der Waals surface area (Å²) in [5.41, 5.74) is 4.13. The van der Waals surface area contributed by atoms with Crippen molar-refractivity contribution < 1.29 is 22.7 Å². The lowest BCUT2D eigenvalue weighted by Gasteiger charge is -2.21. The second-order valence-corrected chi connectivity index (χ2v) is 8.92. The number of carbonyl (C=O) groups excluding carboxylic acids is 2. The molecule has 0 spiro atoms. The SMILES string of the molecule is COC(=O)c1ccc(/C=N/NC(=O)CN(Cc2ccccc2)S(=O)(=O)c2ccccc2)cc1. The standard InChI is InChI=1S/C24H23N3O5S/c1-32-24(29)21-14-12-19(13-15-21)16-25-26-23(28)18-27(17-20-8-4-2-5-9-20)33(30,31)22-10-6-3-7-11-22/h2-16H,17-18H2,1H3,(H,26,28)/b25-16+. The van der Waals surface area contributed by atoms with Gasteiger partial charge in [0, 0.05) is 6.54 Å². The fourth-order valence-electron chi connectivity index (χ4n) is 2.95. The first-order valence-electron chi connectivity index (χ1n) is 9.99. The second-order valence-electron chi connectivity index (χ2n) is 6.98. The number of rotatable bonds is 9. The Morgan fingerprint density at radius 3 is 2.15 bits per heavy atom. The van der Waals surface area contributed by atoms with Gasteiger partial charge in [0.25, 0.3) is 5.91 Å². The summed E-state index contributed by atoms with van der Waals surface area (Å²) in [5, 5.41) is 3.89. The van der Waals surface area contributed by atoms with E-state index in [1.165, 1.54) is 25.5 Å². The molecule has 0 saturated carbocycles. The van der Waals surface area contributed by atoms with E-state index >= 15 is 0 Å². The Hall–Kier alpha value is -3.82. The molecule has 0 aromatic heterocycles. The first kappa shape index (κ1) is 23.8. The third-order valence-corrected chi connectivity index (χ3v) is 6.44. The van der Waals surface area contributed by atoms with Gasteiger partial charge in [0.05, 0.1) is 30.3 Å². The van der Waals surface area contributed by atoms with Crippen molar-refractivity contribution in [3.8, 4) is 0 Å². The molecule has 33 heavy (non-hydrogen) atoms. The lowest BCUT2D eigenvalue weighted by Crippen LogP contribution is -2.39. The normalized spacial score (nSPS) is 11.5. The lowest BCUT2D eigenvalue weighted by molar-refractivity contribution is -0.121. The number of ether oxygens (including phenoxy) is 1. The first-order chi connectivity index (χ1) is 15.9. The number of hydrogen-bond donors (Lipinski definition) is 1. The number of amides is 1. The number of hydrogen-bond acceptors (Lipinski definition) is 6. The summed E-state index contributed by atoms with van der Waals surface area (Å²) in [6.07, 6.45) is 1.40. The lowest BCUT2D eigenvalue weighted by atomic mass is 10.1. The molecule has 1 N–H and O–H groups in total. The van der Waals surface area contributed by atoms with E-state index in [0.717, 1.165) is 9.87 Å². The summed E-state index contributed by atoms with van der Waals surface area (Å²) in [7, 11) is -2.61. The number of sulfonamides is 1. The molecule has 3 aromatic carbocycles. The topological polar surface area (TPSA) is 105 Å². The maximum atomic E-state index is 13.1. The minimum atomic E-state index is -3.91. The van der Waals surface area contributed by atoms with E-state index < -0.39 is 28.4 Å². The minimum Gasteiger partial charge on any atom is -0.465 e. The van der Waals surface area contributed by atoms with Crippen molar-refractivity contribution >= 4 is 28.1 Å². The Morgan fingerprint density at radius 2 is 1.55 bits per heavy atom. The molecule has 170 valence electrons. The van der Waals surface area contributed by atoms with Crippen LogP contribution in [0, 0.1) is 0 Å². The van der Waals surface area contributed by atoms with E-state index in [0.29, 0.717) is 11.1 Å². The summed E-state index contributed by atoms with van der Waals surface area (Å²) in [6.45, 7) is -0.380. The Bertz CT molecular complexity index is 1210. The number of methoxy groups -OCH3 is 1. The van der Waals surface area contributed by atoms with Crippen molar-refractivity contribution in [3.05, 3.63) is 102 Å². The second kappa shape index (κ2) is 11.2. The molecular formula is C24H23N3O5S. The number of nitrogens with zero attached hydrogens (tertiary/aromatic N) is 2. The number of hydrazone groups is 1. The number of nitrogens with one attached hydrogen (secondary N) is 1. The van der Waals surface area contributed by atoms with Gasteiger partial charge in [-0.3, -0.25) is 4.79 Å². The van der Waals surface area contributed by atoms with Crippen LogP contribution in [0.25, 0.3) is 0 Å². The van der Waals surface area contributed by atoms with Crippen molar-refractivity contribution in [2.75, 3.05) is 13.7 Å².